The summed E-state index contributed by atoms with van der Waals surface area (Å²) in [6, 6.07) is 0.817. The molecule has 2 rings (SSSR count). The van der Waals surface area contributed by atoms with Gasteiger partial charge in [-0.2, -0.15) is 0 Å². The Morgan fingerprint density at radius 1 is 1.16 bits per heavy atom. The summed E-state index contributed by atoms with van der Waals surface area (Å²) >= 11 is 0. The first-order chi connectivity index (χ1) is 9.06. The average molecular weight is 267 g/mol. The lowest BCUT2D eigenvalue weighted by molar-refractivity contribution is 0.125. The molecule has 1 saturated heterocycles. The average Bonchev–Trinajstić information content (AvgIpc) is 2.39. The van der Waals surface area contributed by atoms with Crippen LogP contribution in [0.3, 0.4) is 0 Å². The van der Waals surface area contributed by atoms with Crippen LogP contribution in [-0.2, 0) is 0 Å². The van der Waals surface area contributed by atoms with Crippen LogP contribution < -0.4 is 11.1 Å². The van der Waals surface area contributed by atoms with Crippen molar-refractivity contribution in [2.75, 3.05) is 13.1 Å². The van der Waals surface area contributed by atoms with E-state index in [1.54, 1.807) is 0 Å². The molecule has 0 radical (unpaired) electrons. The largest absolute Gasteiger partial charge is 0.351 e. The van der Waals surface area contributed by atoms with Gasteiger partial charge in [-0.25, -0.2) is 4.79 Å². The number of nitrogens with two attached hydrogens (primary N) is 1. The molecule has 2 unspecified atom stereocenters. The van der Waals surface area contributed by atoms with E-state index < -0.39 is 0 Å². The molecule has 2 amide bonds. The van der Waals surface area contributed by atoms with Gasteiger partial charge in [-0.3, -0.25) is 0 Å². The van der Waals surface area contributed by atoms with Crippen molar-refractivity contribution in [3.8, 4) is 0 Å². The Morgan fingerprint density at radius 3 is 2.42 bits per heavy atom. The predicted molar refractivity (Wildman–Crippen MR) is 77.9 cm³/mol. The molecular formula is C15H29N3O. The van der Waals surface area contributed by atoms with Gasteiger partial charge in [0.05, 0.1) is 0 Å². The molecule has 19 heavy (non-hydrogen) atoms. The molecule has 2 fully saturated rings. The quantitative estimate of drug-likeness (QED) is 0.824. The number of rotatable bonds is 3. The zero-order valence-electron chi connectivity index (χ0n) is 12.4. The summed E-state index contributed by atoms with van der Waals surface area (Å²) in [4.78, 5) is 13.3. The van der Waals surface area contributed by atoms with E-state index >= 15 is 0 Å². The molecule has 0 bridgehead atoms. The maximum Gasteiger partial charge on any atom is 0.314 e. The summed E-state index contributed by atoms with van der Waals surface area (Å²) in [5.74, 6) is 1.18. The highest BCUT2D eigenvalue weighted by Gasteiger charge is 2.31. The van der Waals surface area contributed by atoms with Crippen LogP contribution in [0.5, 0.6) is 0 Å². The number of carbonyl (C=O) groups is 1. The molecule has 110 valence electrons. The number of hydrogen-bond acceptors (Lipinski definition) is 2. The second-order valence-corrected chi connectivity index (χ2v) is 6.68. The summed E-state index contributed by atoms with van der Waals surface area (Å²) in [6.07, 6.45) is 7.83. The fourth-order valence-electron chi connectivity index (χ4n) is 3.52. The van der Waals surface area contributed by atoms with E-state index in [1.165, 1.54) is 38.5 Å². The van der Waals surface area contributed by atoms with E-state index in [2.05, 4.69) is 19.2 Å². The highest BCUT2D eigenvalue weighted by molar-refractivity contribution is 5.72. The molecule has 1 heterocycles. The number of amides is 2. The normalized spacial score (nSPS) is 29.7. The third kappa shape index (κ3) is 4.10. The fourth-order valence-corrected chi connectivity index (χ4v) is 3.52. The van der Waals surface area contributed by atoms with Crippen molar-refractivity contribution in [3.05, 3.63) is 0 Å². The summed E-state index contributed by atoms with van der Waals surface area (Å²) in [7, 11) is 0. The van der Waals surface area contributed by atoms with E-state index in [4.69, 9.17) is 5.73 Å². The Hall–Kier alpha value is -0.770. The highest BCUT2D eigenvalue weighted by Crippen LogP contribution is 2.25. The van der Waals surface area contributed by atoms with Crippen LogP contribution in [0, 0.1) is 11.8 Å². The van der Waals surface area contributed by atoms with Crippen molar-refractivity contribution in [2.45, 2.75) is 64.5 Å². The number of carbonyl (C=O) groups excluding carboxylic acids is 1. The molecule has 1 saturated carbocycles. The third-order valence-electron chi connectivity index (χ3n) is 4.81. The van der Waals surface area contributed by atoms with Crippen LogP contribution in [0.2, 0.25) is 0 Å². The van der Waals surface area contributed by atoms with Crippen LogP contribution in [0.4, 0.5) is 4.79 Å². The van der Waals surface area contributed by atoms with Crippen molar-refractivity contribution < 1.29 is 4.79 Å². The molecule has 4 nitrogen and oxygen atoms in total. The van der Waals surface area contributed by atoms with Crippen LogP contribution in [-0.4, -0.2) is 36.1 Å². The van der Waals surface area contributed by atoms with E-state index in [1.807, 2.05) is 4.90 Å². The second kappa shape index (κ2) is 6.60. The SMILES string of the molecule is CC(C)C1CC(NC2CCCCC2)CN(C(N)=O)C1. The molecule has 0 spiro atoms. The first-order valence-corrected chi connectivity index (χ1v) is 7.86. The Kier molecular flexibility index (Phi) is 5.08. The van der Waals surface area contributed by atoms with Crippen LogP contribution in [0.15, 0.2) is 0 Å². The van der Waals surface area contributed by atoms with E-state index in [0.717, 1.165) is 13.1 Å². The first kappa shape index (κ1) is 14.6. The van der Waals surface area contributed by atoms with Gasteiger partial charge >= 0.3 is 6.03 Å². The lowest BCUT2D eigenvalue weighted by atomic mass is 9.84. The van der Waals surface area contributed by atoms with E-state index in [0.29, 0.717) is 23.9 Å². The van der Waals surface area contributed by atoms with Crippen molar-refractivity contribution in [2.24, 2.45) is 17.6 Å². The second-order valence-electron chi connectivity index (χ2n) is 6.68. The first-order valence-electron chi connectivity index (χ1n) is 7.86. The zero-order valence-corrected chi connectivity index (χ0v) is 12.4. The third-order valence-corrected chi connectivity index (χ3v) is 4.81. The van der Waals surface area contributed by atoms with E-state index in [9.17, 15) is 4.79 Å². The number of urea groups is 1. The number of primary amides is 1. The van der Waals surface area contributed by atoms with Crippen molar-refractivity contribution in [1.82, 2.24) is 10.2 Å². The minimum Gasteiger partial charge on any atom is -0.351 e. The number of nitrogens with one attached hydrogen (secondary N) is 1. The van der Waals surface area contributed by atoms with Gasteiger partial charge in [0.1, 0.15) is 0 Å². The summed E-state index contributed by atoms with van der Waals surface area (Å²) in [5.41, 5.74) is 5.48. The monoisotopic (exact) mass is 267 g/mol. The van der Waals surface area contributed by atoms with Crippen molar-refractivity contribution >= 4 is 6.03 Å². The molecule has 4 heteroatoms. The molecular weight excluding hydrogens is 238 g/mol. The molecule has 3 N–H and O–H groups in total. The number of hydrogen-bond donors (Lipinski definition) is 2. The van der Waals surface area contributed by atoms with Gasteiger partial charge < -0.3 is 16.0 Å². The molecule has 1 aliphatic heterocycles. The topological polar surface area (TPSA) is 58.4 Å². The van der Waals surface area contributed by atoms with Crippen molar-refractivity contribution in [3.63, 3.8) is 0 Å². The standard InChI is InChI=1S/C15H29N3O/c1-11(2)12-8-14(10-18(9-12)15(16)19)17-13-6-4-3-5-7-13/h11-14,17H,3-10H2,1-2H3,(H2,16,19). The van der Waals surface area contributed by atoms with Gasteiger partial charge in [0.25, 0.3) is 0 Å². The lowest BCUT2D eigenvalue weighted by Gasteiger charge is -2.41. The van der Waals surface area contributed by atoms with Crippen LogP contribution in [0.1, 0.15) is 52.4 Å². The fraction of sp³-hybridized carbons (Fsp3) is 0.933. The van der Waals surface area contributed by atoms with E-state index in [-0.39, 0.29) is 6.03 Å². The van der Waals surface area contributed by atoms with Gasteiger partial charge in [-0.1, -0.05) is 33.1 Å². The zero-order chi connectivity index (χ0) is 13.8. The minimum atomic E-state index is -0.263. The number of likely N-dealkylation sites (tertiary alicyclic amines) is 1. The molecule has 0 aromatic rings. The van der Waals surface area contributed by atoms with Crippen LogP contribution >= 0.6 is 0 Å². The van der Waals surface area contributed by atoms with Crippen LogP contribution in [0.25, 0.3) is 0 Å². The molecule has 2 atom stereocenters. The smallest absolute Gasteiger partial charge is 0.314 e. The minimum absolute atomic E-state index is 0.263. The number of nitrogens with zero attached hydrogens (tertiary/aromatic N) is 1. The Morgan fingerprint density at radius 2 is 1.84 bits per heavy atom. The van der Waals surface area contributed by atoms with Gasteiger partial charge in [-0.15, -0.1) is 0 Å². The Balaban J connectivity index is 1.92. The Bertz CT molecular complexity index is 300. The molecule has 2 aliphatic rings. The lowest BCUT2D eigenvalue weighted by Crippen LogP contribution is -2.55. The predicted octanol–water partition coefficient (Wildman–Crippen LogP) is 2.33. The van der Waals surface area contributed by atoms with Gasteiger partial charge in [0.15, 0.2) is 0 Å². The summed E-state index contributed by atoms with van der Waals surface area (Å²) in [6.45, 7) is 6.10. The molecule has 1 aliphatic carbocycles. The molecule has 0 aromatic carbocycles. The maximum atomic E-state index is 11.5. The summed E-state index contributed by atoms with van der Waals surface area (Å²) in [5, 5.41) is 3.78. The van der Waals surface area contributed by atoms with Crippen molar-refractivity contribution in [1.29, 1.82) is 0 Å². The van der Waals surface area contributed by atoms with Gasteiger partial charge in [0.2, 0.25) is 0 Å². The maximum absolute atomic E-state index is 11.5. The highest BCUT2D eigenvalue weighted by atomic mass is 16.2. The van der Waals surface area contributed by atoms with Gasteiger partial charge in [-0.05, 0) is 31.1 Å². The summed E-state index contributed by atoms with van der Waals surface area (Å²) < 4.78 is 0. The number of piperidine rings is 1. The Labute approximate surface area is 117 Å². The molecule has 0 aromatic heterocycles. The van der Waals surface area contributed by atoms with Gasteiger partial charge in [0, 0.05) is 25.2 Å².